The lowest BCUT2D eigenvalue weighted by atomic mass is 10.2. The Balaban J connectivity index is 2.03. The molecule has 0 aromatic heterocycles. The van der Waals surface area contributed by atoms with E-state index in [9.17, 15) is 4.79 Å². The molecule has 1 fully saturated rings. The van der Waals surface area contributed by atoms with E-state index in [1.807, 2.05) is 12.1 Å². The van der Waals surface area contributed by atoms with E-state index in [1.54, 1.807) is 0 Å². The number of hydrogen-bond acceptors (Lipinski definition) is 2. The van der Waals surface area contributed by atoms with Gasteiger partial charge in [-0.05, 0) is 37.1 Å². The summed E-state index contributed by atoms with van der Waals surface area (Å²) < 4.78 is 1.07. The Bertz CT molecular complexity index is 377. The zero-order valence-electron chi connectivity index (χ0n) is 9.03. The van der Waals surface area contributed by atoms with Crippen LogP contribution in [0.5, 0.6) is 0 Å². The zero-order chi connectivity index (χ0) is 11.5. The van der Waals surface area contributed by atoms with Gasteiger partial charge in [-0.3, -0.25) is 9.69 Å². The van der Waals surface area contributed by atoms with Gasteiger partial charge in [0.25, 0.3) is 0 Å². The van der Waals surface area contributed by atoms with Gasteiger partial charge in [-0.25, -0.2) is 0 Å². The van der Waals surface area contributed by atoms with Crippen molar-refractivity contribution in [3.8, 4) is 0 Å². The number of amides is 1. The minimum atomic E-state index is -0.199. The first kappa shape index (κ1) is 11.6. The van der Waals surface area contributed by atoms with Crippen LogP contribution >= 0.6 is 15.9 Å². The average Bonchev–Trinajstić information content (AvgIpc) is 2.69. The van der Waals surface area contributed by atoms with Crippen LogP contribution in [0.15, 0.2) is 28.7 Å². The van der Waals surface area contributed by atoms with Crippen molar-refractivity contribution in [1.29, 1.82) is 0 Å². The number of benzene rings is 1. The molecular formula is C12H15BrN2O. The molecule has 1 saturated heterocycles. The molecule has 1 heterocycles. The number of halogens is 1. The normalized spacial score (nSPS) is 21.2. The highest BCUT2D eigenvalue weighted by Gasteiger charge is 2.28. The maximum Gasteiger partial charge on any atom is 0.234 e. The van der Waals surface area contributed by atoms with Gasteiger partial charge in [0.05, 0.1) is 6.04 Å². The van der Waals surface area contributed by atoms with Crippen molar-refractivity contribution in [3.05, 3.63) is 34.3 Å². The standard InChI is InChI=1S/C12H15BrN2O/c13-10-5-3-9(4-6-10)8-15-7-1-2-11(15)12(14)16/h3-6,11H,1-2,7-8H2,(H2,14,16). The highest BCUT2D eigenvalue weighted by molar-refractivity contribution is 9.10. The van der Waals surface area contributed by atoms with Gasteiger partial charge < -0.3 is 5.73 Å². The van der Waals surface area contributed by atoms with E-state index in [-0.39, 0.29) is 11.9 Å². The summed E-state index contributed by atoms with van der Waals surface area (Å²) in [5.74, 6) is -0.199. The number of rotatable bonds is 3. The second-order valence-electron chi connectivity index (χ2n) is 4.16. The van der Waals surface area contributed by atoms with Gasteiger partial charge in [-0.1, -0.05) is 28.1 Å². The quantitative estimate of drug-likeness (QED) is 0.921. The fraction of sp³-hybridized carbons (Fsp3) is 0.417. The Kier molecular flexibility index (Phi) is 3.61. The molecule has 1 unspecified atom stereocenters. The van der Waals surface area contributed by atoms with Crippen LogP contribution in [0.3, 0.4) is 0 Å². The molecule has 1 aromatic rings. The van der Waals surface area contributed by atoms with Crippen molar-refractivity contribution < 1.29 is 4.79 Å². The third-order valence-electron chi connectivity index (χ3n) is 2.99. The molecule has 0 spiro atoms. The van der Waals surface area contributed by atoms with Crippen LogP contribution in [-0.2, 0) is 11.3 Å². The number of hydrogen-bond donors (Lipinski definition) is 1. The van der Waals surface area contributed by atoms with Crippen molar-refractivity contribution in [2.75, 3.05) is 6.54 Å². The molecule has 3 nitrogen and oxygen atoms in total. The van der Waals surface area contributed by atoms with Crippen LogP contribution in [0.2, 0.25) is 0 Å². The van der Waals surface area contributed by atoms with Gasteiger partial charge in [-0.15, -0.1) is 0 Å². The predicted molar refractivity (Wildman–Crippen MR) is 66.8 cm³/mol. The van der Waals surface area contributed by atoms with Crippen molar-refractivity contribution in [2.24, 2.45) is 5.73 Å². The first-order chi connectivity index (χ1) is 7.66. The second kappa shape index (κ2) is 4.97. The molecule has 16 heavy (non-hydrogen) atoms. The van der Waals surface area contributed by atoms with Crippen molar-refractivity contribution in [1.82, 2.24) is 4.90 Å². The van der Waals surface area contributed by atoms with Crippen LogP contribution in [0, 0.1) is 0 Å². The molecular weight excluding hydrogens is 268 g/mol. The van der Waals surface area contributed by atoms with E-state index in [0.717, 1.165) is 30.4 Å². The van der Waals surface area contributed by atoms with E-state index in [4.69, 9.17) is 5.73 Å². The fourth-order valence-corrected chi connectivity index (χ4v) is 2.43. The summed E-state index contributed by atoms with van der Waals surface area (Å²) in [5.41, 5.74) is 6.60. The lowest BCUT2D eigenvalue weighted by molar-refractivity contribution is -0.122. The van der Waals surface area contributed by atoms with Gasteiger partial charge >= 0.3 is 0 Å². The monoisotopic (exact) mass is 282 g/mol. The number of carbonyl (C=O) groups excluding carboxylic acids is 1. The summed E-state index contributed by atoms with van der Waals surface area (Å²) in [6.45, 7) is 1.77. The van der Waals surface area contributed by atoms with Crippen LogP contribution < -0.4 is 5.73 Å². The molecule has 1 aliphatic rings. The van der Waals surface area contributed by atoms with E-state index in [1.165, 1.54) is 5.56 Å². The van der Waals surface area contributed by atoms with Gasteiger partial charge in [0.2, 0.25) is 5.91 Å². The molecule has 0 saturated carbocycles. The molecule has 1 atom stereocenters. The van der Waals surface area contributed by atoms with Crippen molar-refractivity contribution >= 4 is 21.8 Å². The molecule has 0 radical (unpaired) electrons. The maximum absolute atomic E-state index is 11.2. The highest BCUT2D eigenvalue weighted by Crippen LogP contribution is 2.20. The first-order valence-corrected chi connectivity index (χ1v) is 6.24. The van der Waals surface area contributed by atoms with Gasteiger partial charge in [0.15, 0.2) is 0 Å². The molecule has 1 aromatic carbocycles. The molecule has 4 heteroatoms. The van der Waals surface area contributed by atoms with Crippen LogP contribution in [-0.4, -0.2) is 23.4 Å². The van der Waals surface area contributed by atoms with Crippen LogP contribution in [0.1, 0.15) is 18.4 Å². The first-order valence-electron chi connectivity index (χ1n) is 5.44. The Morgan fingerprint density at radius 1 is 1.44 bits per heavy atom. The third kappa shape index (κ3) is 2.62. The molecule has 1 aliphatic heterocycles. The number of nitrogens with two attached hydrogens (primary N) is 1. The Labute approximate surface area is 104 Å². The summed E-state index contributed by atoms with van der Waals surface area (Å²) in [4.78, 5) is 13.4. The van der Waals surface area contributed by atoms with Crippen LogP contribution in [0.25, 0.3) is 0 Å². The third-order valence-corrected chi connectivity index (χ3v) is 3.52. The number of likely N-dealkylation sites (tertiary alicyclic amines) is 1. The molecule has 2 N–H and O–H groups in total. The topological polar surface area (TPSA) is 46.3 Å². The molecule has 2 rings (SSSR count). The number of primary amides is 1. The minimum absolute atomic E-state index is 0.0800. The van der Waals surface area contributed by atoms with Gasteiger partial charge in [0.1, 0.15) is 0 Å². The summed E-state index contributed by atoms with van der Waals surface area (Å²) >= 11 is 3.41. The summed E-state index contributed by atoms with van der Waals surface area (Å²) in [6.07, 6.45) is 1.95. The number of nitrogens with zero attached hydrogens (tertiary/aromatic N) is 1. The lowest BCUT2D eigenvalue weighted by Crippen LogP contribution is -2.39. The second-order valence-corrected chi connectivity index (χ2v) is 5.07. The summed E-state index contributed by atoms with van der Waals surface area (Å²) in [6, 6.07) is 8.10. The highest BCUT2D eigenvalue weighted by atomic mass is 79.9. The van der Waals surface area contributed by atoms with E-state index in [2.05, 4.69) is 33.0 Å². The summed E-state index contributed by atoms with van der Waals surface area (Å²) in [7, 11) is 0. The molecule has 0 aliphatic carbocycles. The SMILES string of the molecule is NC(=O)C1CCCN1Cc1ccc(Br)cc1. The number of carbonyl (C=O) groups is 1. The largest absolute Gasteiger partial charge is 0.368 e. The Morgan fingerprint density at radius 3 is 2.75 bits per heavy atom. The molecule has 0 bridgehead atoms. The predicted octanol–water partition coefficient (Wildman–Crippen LogP) is 1.90. The van der Waals surface area contributed by atoms with E-state index >= 15 is 0 Å². The molecule has 86 valence electrons. The van der Waals surface area contributed by atoms with Crippen molar-refractivity contribution in [2.45, 2.75) is 25.4 Å². The Morgan fingerprint density at radius 2 is 2.12 bits per heavy atom. The Hall–Kier alpha value is -0.870. The van der Waals surface area contributed by atoms with E-state index < -0.39 is 0 Å². The zero-order valence-corrected chi connectivity index (χ0v) is 10.6. The summed E-state index contributed by atoms with van der Waals surface area (Å²) in [5, 5.41) is 0. The smallest absolute Gasteiger partial charge is 0.234 e. The van der Waals surface area contributed by atoms with Gasteiger partial charge in [0, 0.05) is 11.0 Å². The average molecular weight is 283 g/mol. The lowest BCUT2D eigenvalue weighted by Gasteiger charge is -2.21. The van der Waals surface area contributed by atoms with Crippen LogP contribution in [0.4, 0.5) is 0 Å². The molecule has 1 amide bonds. The van der Waals surface area contributed by atoms with Crippen molar-refractivity contribution in [3.63, 3.8) is 0 Å². The fourth-order valence-electron chi connectivity index (χ4n) is 2.16. The minimum Gasteiger partial charge on any atom is -0.368 e. The van der Waals surface area contributed by atoms with E-state index in [0.29, 0.717) is 0 Å². The maximum atomic E-state index is 11.2. The van der Waals surface area contributed by atoms with Gasteiger partial charge in [-0.2, -0.15) is 0 Å².